The predicted molar refractivity (Wildman–Crippen MR) is 54.0 cm³/mol. The molecule has 16 heavy (non-hydrogen) atoms. The molecule has 0 bridgehead atoms. The van der Waals surface area contributed by atoms with E-state index in [1.165, 1.54) is 0 Å². The Hall–Kier alpha value is -2.22. The lowest BCUT2D eigenvalue weighted by Crippen LogP contribution is -2.11. The van der Waals surface area contributed by atoms with Crippen molar-refractivity contribution in [2.75, 3.05) is 0 Å². The Kier molecular flexibility index (Phi) is 4.83. The van der Waals surface area contributed by atoms with E-state index in [0.717, 1.165) is 0 Å². The summed E-state index contributed by atoms with van der Waals surface area (Å²) in [6, 6.07) is 3.81. The van der Waals surface area contributed by atoms with Crippen molar-refractivity contribution in [3.63, 3.8) is 0 Å². The first-order chi connectivity index (χ1) is 7.33. The second-order valence-electron chi connectivity index (χ2n) is 3.90. The first-order valence-electron chi connectivity index (χ1n) is 4.39. The summed E-state index contributed by atoms with van der Waals surface area (Å²) in [4.78, 5) is 0. The van der Waals surface area contributed by atoms with Gasteiger partial charge in [0.2, 0.25) is 0 Å². The van der Waals surface area contributed by atoms with Gasteiger partial charge in [-0.15, -0.1) is 10.2 Å². The molecule has 0 unspecified atom stereocenters. The molecule has 0 N–H and O–H groups in total. The molecule has 0 spiro atoms. The third-order valence-electron chi connectivity index (χ3n) is 1.26. The Balaban J connectivity index is 4.28. The van der Waals surface area contributed by atoms with Gasteiger partial charge in [-0.3, -0.25) is 0 Å². The van der Waals surface area contributed by atoms with E-state index in [2.05, 4.69) is 31.1 Å². The van der Waals surface area contributed by atoms with Crippen molar-refractivity contribution in [3.8, 4) is 12.1 Å². The van der Waals surface area contributed by atoms with E-state index in [1.54, 1.807) is 27.7 Å². The maximum absolute atomic E-state index is 8.58. The van der Waals surface area contributed by atoms with Gasteiger partial charge in [-0.2, -0.15) is 10.5 Å². The summed E-state index contributed by atoms with van der Waals surface area (Å²) < 4.78 is 0. The molecule has 0 radical (unpaired) electrons. The molecular weight excluding hydrogens is 208 g/mol. The SMILES string of the molecule is CC(C)(C#N)N=NN=NN=NC(C)(C)C#N. The second kappa shape index (κ2) is 5.61. The minimum atomic E-state index is -0.942. The molecule has 84 valence electrons. The zero-order chi connectivity index (χ0) is 12.7. The zero-order valence-corrected chi connectivity index (χ0v) is 9.58. The molecule has 0 fully saturated rings. The van der Waals surface area contributed by atoms with E-state index < -0.39 is 11.1 Å². The van der Waals surface area contributed by atoms with Gasteiger partial charge in [0.1, 0.15) is 0 Å². The Morgan fingerprint density at radius 1 is 0.688 bits per heavy atom. The normalized spacial score (nSPS) is 13.4. The number of rotatable bonds is 4. The molecule has 0 saturated carbocycles. The van der Waals surface area contributed by atoms with Crippen molar-refractivity contribution in [2.24, 2.45) is 31.1 Å². The standard InChI is InChI=1S/C8H12N8/c1-7(2,5-9)11-13-15-16-14-12-8(3,4)6-10/h1-4H3. The summed E-state index contributed by atoms with van der Waals surface area (Å²) >= 11 is 0. The smallest absolute Gasteiger partial charge is 0.164 e. The van der Waals surface area contributed by atoms with Crippen LogP contribution in [0.25, 0.3) is 0 Å². The highest BCUT2D eigenvalue weighted by Crippen LogP contribution is 2.08. The largest absolute Gasteiger partial charge is 0.196 e. The fourth-order valence-electron chi connectivity index (χ4n) is 0.344. The van der Waals surface area contributed by atoms with Crippen LogP contribution in [0.4, 0.5) is 0 Å². The van der Waals surface area contributed by atoms with Gasteiger partial charge in [0, 0.05) is 0 Å². The minimum absolute atomic E-state index is 0.942. The van der Waals surface area contributed by atoms with E-state index in [1.807, 2.05) is 12.1 Å². The van der Waals surface area contributed by atoms with Crippen molar-refractivity contribution < 1.29 is 0 Å². The molecule has 0 aliphatic heterocycles. The Morgan fingerprint density at radius 2 is 1.00 bits per heavy atom. The predicted octanol–water partition coefficient (Wildman–Crippen LogP) is 2.78. The van der Waals surface area contributed by atoms with Crippen molar-refractivity contribution >= 4 is 0 Å². The average Bonchev–Trinajstić information content (AvgIpc) is 2.23. The van der Waals surface area contributed by atoms with E-state index in [0.29, 0.717) is 0 Å². The maximum Gasteiger partial charge on any atom is 0.164 e. The third-order valence-corrected chi connectivity index (χ3v) is 1.26. The second-order valence-corrected chi connectivity index (χ2v) is 3.90. The van der Waals surface area contributed by atoms with Gasteiger partial charge < -0.3 is 0 Å². The lowest BCUT2D eigenvalue weighted by Gasteiger charge is -2.03. The van der Waals surface area contributed by atoms with Crippen molar-refractivity contribution in [2.45, 2.75) is 38.8 Å². The number of nitriles is 2. The summed E-state index contributed by atoms with van der Waals surface area (Å²) in [5.74, 6) is 0. The summed E-state index contributed by atoms with van der Waals surface area (Å²) in [7, 11) is 0. The van der Waals surface area contributed by atoms with Gasteiger partial charge in [-0.1, -0.05) is 0 Å². The van der Waals surface area contributed by atoms with Crippen LogP contribution in [0.15, 0.2) is 31.1 Å². The molecule has 0 rings (SSSR count). The van der Waals surface area contributed by atoms with Crippen LogP contribution >= 0.6 is 0 Å². The lowest BCUT2D eigenvalue weighted by atomic mass is 10.1. The highest BCUT2D eigenvalue weighted by molar-refractivity contribution is 4.99. The van der Waals surface area contributed by atoms with Crippen molar-refractivity contribution in [3.05, 3.63) is 0 Å². The Bertz CT molecular complexity index is 351. The van der Waals surface area contributed by atoms with Crippen LogP contribution in [-0.2, 0) is 0 Å². The fourth-order valence-corrected chi connectivity index (χ4v) is 0.344. The summed E-state index contributed by atoms with van der Waals surface area (Å²) in [5, 5.41) is 37.3. The van der Waals surface area contributed by atoms with E-state index in [9.17, 15) is 0 Å². The van der Waals surface area contributed by atoms with E-state index >= 15 is 0 Å². The van der Waals surface area contributed by atoms with Crippen LogP contribution in [0.3, 0.4) is 0 Å². The Morgan fingerprint density at radius 3 is 1.25 bits per heavy atom. The van der Waals surface area contributed by atoms with Crippen LogP contribution < -0.4 is 0 Å². The van der Waals surface area contributed by atoms with Gasteiger partial charge in [0.25, 0.3) is 0 Å². The number of hydrogen-bond donors (Lipinski definition) is 0. The summed E-state index contributed by atoms with van der Waals surface area (Å²) in [5.41, 5.74) is -1.88. The monoisotopic (exact) mass is 220 g/mol. The van der Waals surface area contributed by atoms with Gasteiger partial charge in [-0.25, -0.2) is 0 Å². The number of nitrogens with zero attached hydrogens (tertiary/aromatic N) is 8. The molecule has 8 heteroatoms. The van der Waals surface area contributed by atoms with Crippen LogP contribution in [0.5, 0.6) is 0 Å². The molecular formula is C8H12N8. The first kappa shape index (κ1) is 13.8. The number of hydrogen-bond acceptors (Lipinski definition) is 4. The molecule has 0 aromatic heterocycles. The highest BCUT2D eigenvalue weighted by atomic mass is 15.6. The zero-order valence-electron chi connectivity index (χ0n) is 9.58. The average molecular weight is 220 g/mol. The van der Waals surface area contributed by atoms with Crippen LogP contribution in [-0.4, -0.2) is 11.1 Å². The third kappa shape index (κ3) is 6.27. The fraction of sp³-hybridized carbons (Fsp3) is 0.750. The Labute approximate surface area is 93.4 Å². The maximum atomic E-state index is 8.58. The molecule has 0 aromatic rings. The first-order valence-corrected chi connectivity index (χ1v) is 4.39. The van der Waals surface area contributed by atoms with E-state index in [-0.39, 0.29) is 0 Å². The molecule has 0 aliphatic rings. The summed E-state index contributed by atoms with van der Waals surface area (Å²) in [6.45, 7) is 6.30. The highest BCUT2D eigenvalue weighted by Gasteiger charge is 2.14. The molecule has 0 atom stereocenters. The summed E-state index contributed by atoms with van der Waals surface area (Å²) in [6.07, 6.45) is 0. The lowest BCUT2D eigenvalue weighted by molar-refractivity contribution is 0.592. The van der Waals surface area contributed by atoms with Crippen LogP contribution in [0.1, 0.15) is 27.7 Å². The molecule has 0 saturated heterocycles. The molecule has 0 amide bonds. The minimum Gasteiger partial charge on any atom is -0.196 e. The molecule has 8 nitrogen and oxygen atoms in total. The van der Waals surface area contributed by atoms with Gasteiger partial charge in [-0.05, 0) is 48.6 Å². The van der Waals surface area contributed by atoms with Gasteiger partial charge in [0.15, 0.2) is 11.1 Å². The van der Waals surface area contributed by atoms with E-state index in [4.69, 9.17) is 10.5 Å². The topological polar surface area (TPSA) is 122 Å². The van der Waals surface area contributed by atoms with Gasteiger partial charge in [0.05, 0.1) is 12.1 Å². The van der Waals surface area contributed by atoms with Crippen molar-refractivity contribution in [1.82, 2.24) is 0 Å². The van der Waals surface area contributed by atoms with Crippen molar-refractivity contribution in [1.29, 1.82) is 10.5 Å². The molecule has 0 aromatic carbocycles. The van der Waals surface area contributed by atoms with Gasteiger partial charge >= 0.3 is 0 Å². The van der Waals surface area contributed by atoms with Crippen LogP contribution in [0, 0.1) is 22.7 Å². The molecule has 0 aliphatic carbocycles. The molecule has 0 heterocycles. The quantitative estimate of drug-likeness (QED) is 0.534. The van der Waals surface area contributed by atoms with Crippen LogP contribution in [0.2, 0.25) is 0 Å².